The highest BCUT2D eigenvalue weighted by atomic mass is 19.1. The van der Waals surface area contributed by atoms with E-state index in [2.05, 4.69) is 15.4 Å². The summed E-state index contributed by atoms with van der Waals surface area (Å²) in [7, 11) is 0. The van der Waals surface area contributed by atoms with E-state index in [9.17, 15) is 14.3 Å². The zero-order chi connectivity index (χ0) is 21.6. The largest absolute Gasteiger partial charge is 0.457 e. The molecule has 0 fully saturated rings. The Labute approximate surface area is 177 Å². The Bertz CT molecular complexity index is 1150. The molecular formula is C23H19FN4O3. The van der Waals surface area contributed by atoms with Crippen LogP contribution in [0.2, 0.25) is 0 Å². The summed E-state index contributed by atoms with van der Waals surface area (Å²) in [5.41, 5.74) is 1.11. The van der Waals surface area contributed by atoms with Crippen LogP contribution in [0.15, 0.2) is 85.2 Å². The van der Waals surface area contributed by atoms with E-state index in [1.54, 1.807) is 24.3 Å². The van der Waals surface area contributed by atoms with Crippen LogP contribution >= 0.6 is 0 Å². The predicted octanol–water partition coefficient (Wildman–Crippen LogP) is 4.20. The van der Waals surface area contributed by atoms with Crippen molar-refractivity contribution in [2.24, 2.45) is 0 Å². The first-order valence-electron chi connectivity index (χ1n) is 9.54. The molecule has 7 nitrogen and oxygen atoms in total. The number of nitrogens with zero attached hydrogens (tertiary/aromatic N) is 3. The minimum absolute atomic E-state index is 0.0316. The predicted molar refractivity (Wildman–Crippen MR) is 112 cm³/mol. The second kappa shape index (κ2) is 9.19. The fourth-order valence-electron chi connectivity index (χ4n) is 2.87. The molecule has 0 spiro atoms. The zero-order valence-electron chi connectivity index (χ0n) is 16.4. The summed E-state index contributed by atoms with van der Waals surface area (Å²) in [5, 5.41) is 17.1. The van der Waals surface area contributed by atoms with Gasteiger partial charge in [0.05, 0.1) is 12.6 Å². The number of aromatic nitrogens is 3. The maximum atomic E-state index is 13.0. The van der Waals surface area contributed by atoms with Gasteiger partial charge in [-0.1, -0.05) is 30.3 Å². The van der Waals surface area contributed by atoms with Crippen LogP contribution in [-0.2, 0) is 6.54 Å². The molecule has 156 valence electrons. The Balaban J connectivity index is 1.34. The van der Waals surface area contributed by atoms with E-state index in [0.29, 0.717) is 17.0 Å². The Kier molecular flexibility index (Phi) is 6.00. The molecule has 0 aliphatic heterocycles. The van der Waals surface area contributed by atoms with Gasteiger partial charge in [-0.25, -0.2) is 14.1 Å². The van der Waals surface area contributed by atoms with E-state index >= 15 is 0 Å². The van der Waals surface area contributed by atoms with Crippen LogP contribution in [0.3, 0.4) is 0 Å². The van der Waals surface area contributed by atoms with E-state index in [4.69, 9.17) is 4.74 Å². The summed E-state index contributed by atoms with van der Waals surface area (Å²) in [6.45, 7) is 0.0808. The molecule has 0 saturated carbocycles. The molecule has 0 aliphatic rings. The number of para-hydroxylation sites is 1. The molecular weight excluding hydrogens is 399 g/mol. The number of aliphatic hydroxyl groups is 1. The Morgan fingerprint density at radius 3 is 2.39 bits per heavy atom. The van der Waals surface area contributed by atoms with Gasteiger partial charge in [-0.2, -0.15) is 0 Å². The molecule has 2 N–H and O–H groups in total. The van der Waals surface area contributed by atoms with Gasteiger partial charge in [0.2, 0.25) is 5.82 Å². The van der Waals surface area contributed by atoms with Gasteiger partial charge in [-0.05, 0) is 54.1 Å². The average molecular weight is 418 g/mol. The molecule has 0 saturated heterocycles. The van der Waals surface area contributed by atoms with Crippen molar-refractivity contribution in [1.29, 1.82) is 0 Å². The third-order valence-corrected chi connectivity index (χ3v) is 4.45. The number of amides is 1. The van der Waals surface area contributed by atoms with Gasteiger partial charge < -0.3 is 15.2 Å². The summed E-state index contributed by atoms with van der Waals surface area (Å²) in [5.74, 6) is 0.469. The Hall–Kier alpha value is -4.04. The average Bonchev–Trinajstić information content (AvgIpc) is 3.25. The first kappa shape index (κ1) is 20.2. The van der Waals surface area contributed by atoms with Gasteiger partial charge in [0.1, 0.15) is 23.6 Å². The molecule has 1 amide bonds. The minimum atomic E-state index is -0.907. The summed E-state index contributed by atoms with van der Waals surface area (Å²) in [6, 6.07) is 21.8. The molecule has 0 aliphatic carbocycles. The third kappa shape index (κ3) is 5.31. The van der Waals surface area contributed by atoms with Crippen LogP contribution in [0.1, 0.15) is 22.3 Å². The lowest BCUT2D eigenvalue weighted by atomic mass is 10.1. The van der Waals surface area contributed by atoms with Crippen LogP contribution in [0, 0.1) is 5.82 Å². The van der Waals surface area contributed by atoms with Crippen molar-refractivity contribution in [1.82, 2.24) is 14.8 Å². The fourth-order valence-corrected chi connectivity index (χ4v) is 2.87. The van der Waals surface area contributed by atoms with Crippen molar-refractivity contribution in [3.05, 3.63) is 102 Å². The number of carbonyl (C=O) groups excluding carboxylic acids is 1. The molecule has 0 bridgehead atoms. The second-order valence-electron chi connectivity index (χ2n) is 6.75. The number of nitrogens with one attached hydrogen (secondary N) is 1. The van der Waals surface area contributed by atoms with Gasteiger partial charge >= 0.3 is 0 Å². The molecule has 3 aromatic carbocycles. The normalized spacial score (nSPS) is 11.7. The quantitative estimate of drug-likeness (QED) is 0.470. The summed E-state index contributed by atoms with van der Waals surface area (Å²) in [6.07, 6.45) is 0.453. The van der Waals surface area contributed by atoms with E-state index in [1.165, 1.54) is 35.3 Å². The number of aliphatic hydroxyl groups excluding tert-OH is 1. The van der Waals surface area contributed by atoms with Crippen molar-refractivity contribution in [3.8, 4) is 11.5 Å². The first-order chi connectivity index (χ1) is 15.1. The SMILES string of the molecule is O=C(Nc1ccc(Oc2ccccc2)cc1)c1ncn(C[C@H](O)c2ccc(F)cc2)n1. The zero-order valence-corrected chi connectivity index (χ0v) is 16.4. The molecule has 1 atom stereocenters. The molecule has 4 aromatic rings. The number of ether oxygens (including phenoxy) is 1. The van der Waals surface area contributed by atoms with E-state index in [1.807, 2.05) is 30.3 Å². The molecule has 31 heavy (non-hydrogen) atoms. The van der Waals surface area contributed by atoms with Gasteiger partial charge in [-0.3, -0.25) is 4.79 Å². The standard InChI is InChI=1S/C23H19FN4O3/c24-17-8-6-16(7-9-17)21(29)14-28-15-25-22(27-28)23(30)26-18-10-12-20(13-11-18)31-19-4-2-1-3-5-19/h1-13,15,21,29H,14H2,(H,26,30)/t21-/m0/s1. The molecule has 4 rings (SSSR count). The number of hydrogen-bond acceptors (Lipinski definition) is 5. The summed E-state index contributed by atoms with van der Waals surface area (Å²) in [4.78, 5) is 16.4. The topological polar surface area (TPSA) is 89.3 Å². The maximum absolute atomic E-state index is 13.0. The summed E-state index contributed by atoms with van der Waals surface area (Å²) >= 11 is 0. The van der Waals surface area contributed by atoms with Crippen molar-refractivity contribution in [3.63, 3.8) is 0 Å². The number of anilines is 1. The van der Waals surface area contributed by atoms with Gasteiger partial charge in [-0.15, -0.1) is 5.10 Å². The fraction of sp³-hybridized carbons (Fsp3) is 0.0870. The van der Waals surface area contributed by atoms with E-state index < -0.39 is 12.0 Å². The van der Waals surface area contributed by atoms with E-state index in [-0.39, 0.29) is 18.2 Å². The third-order valence-electron chi connectivity index (χ3n) is 4.45. The Morgan fingerprint density at radius 1 is 1.00 bits per heavy atom. The second-order valence-corrected chi connectivity index (χ2v) is 6.75. The number of benzene rings is 3. The van der Waals surface area contributed by atoms with Gasteiger partial charge in [0, 0.05) is 5.69 Å². The number of hydrogen-bond donors (Lipinski definition) is 2. The van der Waals surface area contributed by atoms with Crippen molar-refractivity contribution in [2.75, 3.05) is 5.32 Å². The molecule has 0 unspecified atom stereocenters. The van der Waals surface area contributed by atoms with Gasteiger partial charge in [0.25, 0.3) is 5.91 Å². The van der Waals surface area contributed by atoms with Crippen LogP contribution in [0.5, 0.6) is 11.5 Å². The van der Waals surface area contributed by atoms with Crippen molar-refractivity contribution >= 4 is 11.6 Å². The van der Waals surface area contributed by atoms with E-state index in [0.717, 1.165) is 5.75 Å². The van der Waals surface area contributed by atoms with Crippen molar-refractivity contribution < 1.29 is 19.0 Å². The highest BCUT2D eigenvalue weighted by Crippen LogP contribution is 2.22. The molecule has 1 aromatic heterocycles. The Morgan fingerprint density at radius 2 is 1.68 bits per heavy atom. The lowest BCUT2D eigenvalue weighted by Gasteiger charge is -2.10. The van der Waals surface area contributed by atoms with Crippen LogP contribution < -0.4 is 10.1 Å². The lowest BCUT2D eigenvalue weighted by molar-refractivity contribution is 0.101. The maximum Gasteiger partial charge on any atom is 0.295 e. The van der Waals surface area contributed by atoms with Gasteiger partial charge in [0.15, 0.2) is 0 Å². The first-order valence-corrected chi connectivity index (χ1v) is 9.54. The van der Waals surface area contributed by atoms with Crippen LogP contribution in [0.25, 0.3) is 0 Å². The lowest BCUT2D eigenvalue weighted by Crippen LogP contribution is -2.15. The molecule has 1 heterocycles. The highest BCUT2D eigenvalue weighted by molar-refractivity contribution is 6.01. The number of rotatable bonds is 7. The molecule has 8 heteroatoms. The van der Waals surface area contributed by atoms with Crippen LogP contribution in [-0.4, -0.2) is 25.8 Å². The number of carbonyl (C=O) groups is 1. The van der Waals surface area contributed by atoms with Crippen molar-refractivity contribution in [2.45, 2.75) is 12.6 Å². The van der Waals surface area contributed by atoms with Crippen LogP contribution in [0.4, 0.5) is 10.1 Å². The number of halogens is 1. The summed E-state index contributed by atoms with van der Waals surface area (Å²) < 4.78 is 20.1. The highest BCUT2D eigenvalue weighted by Gasteiger charge is 2.15. The minimum Gasteiger partial charge on any atom is -0.457 e. The smallest absolute Gasteiger partial charge is 0.295 e. The monoisotopic (exact) mass is 418 g/mol. The molecule has 0 radical (unpaired) electrons.